The van der Waals surface area contributed by atoms with Crippen LogP contribution in [0, 0.1) is 0 Å². The summed E-state index contributed by atoms with van der Waals surface area (Å²) >= 11 is 12.4. The molecule has 0 saturated carbocycles. The molecule has 31 heavy (non-hydrogen) atoms. The molecule has 5 nitrogen and oxygen atoms in total. The Morgan fingerprint density at radius 3 is 2.42 bits per heavy atom. The van der Waals surface area contributed by atoms with Gasteiger partial charge in [-0.1, -0.05) is 59.6 Å². The summed E-state index contributed by atoms with van der Waals surface area (Å²) in [5.41, 5.74) is 2.06. The molecule has 0 aliphatic carbocycles. The summed E-state index contributed by atoms with van der Waals surface area (Å²) < 4.78 is 28.1. The van der Waals surface area contributed by atoms with Crippen molar-refractivity contribution in [3.8, 4) is 0 Å². The van der Waals surface area contributed by atoms with E-state index in [1.54, 1.807) is 29.2 Å². The van der Waals surface area contributed by atoms with Crippen molar-refractivity contribution >= 4 is 50.5 Å². The molecule has 1 amide bonds. The minimum atomic E-state index is -4.05. The fourth-order valence-corrected chi connectivity index (χ4v) is 5.86. The van der Waals surface area contributed by atoms with Gasteiger partial charge in [-0.15, -0.1) is 0 Å². The molecule has 1 heterocycles. The average Bonchev–Trinajstić information content (AvgIpc) is 3.08. The predicted molar refractivity (Wildman–Crippen MR) is 125 cm³/mol. The van der Waals surface area contributed by atoms with E-state index >= 15 is 0 Å². The van der Waals surface area contributed by atoms with E-state index in [1.807, 2.05) is 31.2 Å². The molecule has 0 saturated heterocycles. The largest absolute Gasteiger partial charge is 0.307 e. The minimum Gasteiger partial charge on any atom is -0.307 e. The maximum atomic E-state index is 13.5. The van der Waals surface area contributed by atoms with E-state index in [0.717, 1.165) is 22.0 Å². The van der Waals surface area contributed by atoms with Crippen LogP contribution in [0.4, 0.5) is 11.4 Å². The predicted octanol–water partition coefficient (Wildman–Crippen LogP) is 5.17. The number of fused-ring (bicyclic) bond motifs is 1. The van der Waals surface area contributed by atoms with Gasteiger partial charge in [0.2, 0.25) is 5.91 Å². The Morgan fingerprint density at radius 2 is 1.71 bits per heavy atom. The van der Waals surface area contributed by atoms with E-state index in [2.05, 4.69) is 0 Å². The first-order valence-electron chi connectivity index (χ1n) is 9.72. The molecule has 0 aromatic heterocycles. The van der Waals surface area contributed by atoms with E-state index in [0.29, 0.717) is 5.02 Å². The average molecular weight is 475 g/mol. The highest BCUT2D eigenvalue weighted by molar-refractivity contribution is 7.92. The van der Waals surface area contributed by atoms with Gasteiger partial charge in [-0.2, -0.15) is 0 Å². The Bertz CT molecular complexity index is 1230. The first kappa shape index (κ1) is 21.7. The number of anilines is 2. The molecule has 0 radical (unpaired) electrons. The highest BCUT2D eigenvalue weighted by Crippen LogP contribution is 2.35. The number of amides is 1. The van der Waals surface area contributed by atoms with Crippen LogP contribution >= 0.6 is 23.2 Å². The third-order valence-electron chi connectivity index (χ3n) is 5.26. The summed E-state index contributed by atoms with van der Waals surface area (Å²) in [5.74, 6) is -0.331. The van der Waals surface area contributed by atoms with Crippen LogP contribution in [0.15, 0.2) is 77.7 Å². The van der Waals surface area contributed by atoms with Crippen molar-refractivity contribution in [2.45, 2.75) is 24.3 Å². The molecule has 1 unspecified atom stereocenters. The number of rotatable bonds is 5. The highest BCUT2D eigenvalue weighted by atomic mass is 35.5. The Kier molecular flexibility index (Phi) is 5.97. The molecule has 3 aromatic carbocycles. The van der Waals surface area contributed by atoms with E-state index in [1.165, 1.54) is 24.3 Å². The van der Waals surface area contributed by atoms with Crippen molar-refractivity contribution in [1.82, 2.24) is 0 Å². The summed E-state index contributed by atoms with van der Waals surface area (Å²) in [6.45, 7) is 1.56. The van der Waals surface area contributed by atoms with E-state index in [4.69, 9.17) is 23.2 Å². The fourth-order valence-electron chi connectivity index (χ4n) is 3.85. The Labute approximate surface area is 191 Å². The van der Waals surface area contributed by atoms with Crippen molar-refractivity contribution in [1.29, 1.82) is 0 Å². The van der Waals surface area contributed by atoms with Crippen LogP contribution < -0.4 is 9.21 Å². The van der Waals surface area contributed by atoms with Crippen molar-refractivity contribution < 1.29 is 13.2 Å². The van der Waals surface area contributed by atoms with Crippen molar-refractivity contribution in [3.63, 3.8) is 0 Å². The van der Waals surface area contributed by atoms with Crippen molar-refractivity contribution in [2.24, 2.45) is 0 Å². The second-order valence-corrected chi connectivity index (χ2v) is 10.1. The summed E-state index contributed by atoms with van der Waals surface area (Å²) in [4.78, 5) is 15.1. The number of sulfonamides is 1. The molecule has 0 spiro atoms. The lowest BCUT2D eigenvalue weighted by Crippen LogP contribution is -2.45. The number of nitrogens with zero attached hydrogens (tertiary/aromatic N) is 2. The Balaban J connectivity index is 1.76. The maximum Gasteiger partial charge on any atom is 0.264 e. The van der Waals surface area contributed by atoms with Gasteiger partial charge in [-0.05, 0) is 55.3 Å². The third-order valence-corrected chi connectivity index (χ3v) is 7.58. The smallest absolute Gasteiger partial charge is 0.264 e. The summed E-state index contributed by atoms with van der Waals surface area (Å²) in [6.07, 6.45) is 0.717. The van der Waals surface area contributed by atoms with Gasteiger partial charge in [-0.25, -0.2) is 8.42 Å². The molecule has 1 atom stereocenters. The molecule has 160 valence electrons. The lowest BCUT2D eigenvalue weighted by molar-refractivity contribution is -0.117. The monoisotopic (exact) mass is 474 g/mol. The van der Waals surface area contributed by atoms with Crippen LogP contribution in [0.1, 0.15) is 12.5 Å². The number of carbonyl (C=O) groups excluding carboxylic acids is 1. The second-order valence-electron chi connectivity index (χ2n) is 7.37. The highest BCUT2D eigenvalue weighted by Gasteiger charge is 2.35. The van der Waals surface area contributed by atoms with E-state index < -0.39 is 16.6 Å². The van der Waals surface area contributed by atoms with Crippen LogP contribution in [0.2, 0.25) is 10.0 Å². The topological polar surface area (TPSA) is 57.7 Å². The van der Waals surface area contributed by atoms with Gasteiger partial charge in [0.1, 0.15) is 6.54 Å². The third kappa shape index (κ3) is 4.15. The van der Waals surface area contributed by atoms with Crippen molar-refractivity contribution in [2.75, 3.05) is 15.7 Å². The number of halogens is 2. The summed E-state index contributed by atoms with van der Waals surface area (Å²) in [7, 11) is -4.05. The molecular weight excluding hydrogens is 455 g/mol. The van der Waals surface area contributed by atoms with Crippen molar-refractivity contribution in [3.05, 3.63) is 88.4 Å². The quantitative estimate of drug-likeness (QED) is 0.512. The normalized spacial score (nSPS) is 15.6. The van der Waals surface area contributed by atoms with Gasteiger partial charge in [0.05, 0.1) is 15.6 Å². The zero-order valence-electron chi connectivity index (χ0n) is 16.7. The first-order valence-corrected chi connectivity index (χ1v) is 11.9. The lowest BCUT2D eigenvalue weighted by atomic mass is 10.1. The van der Waals surface area contributed by atoms with Gasteiger partial charge in [-0.3, -0.25) is 9.10 Å². The summed E-state index contributed by atoms with van der Waals surface area (Å²) in [6, 6.07) is 20.1. The van der Waals surface area contributed by atoms with Gasteiger partial charge in [0.25, 0.3) is 10.0 Å². The zero-order chi connectivity index (χ0) is 22.2. The van der Waals surface area contributed by atoms with Crippen LogP contribution in [0.25, 0.3) is 0 Å². The first-order chi connectivity index (χ1) is 14.8. The van der Waals surface area contributed by atoms with Crippen LogP contribution in [-0.4, -0.2) is 26.9 Å². The number of carbonyl (C=O) groups is 1. The Morgan fingerprint density at radius 1 is 1.03 bits per heavy atom. The van der Waals surface area contributed by atoms with Gasteiger partial charge in [0, 0.05) is 16.8 Å². The minimum absolute atomic E-state index is 0.0729. The van der Waals surface area contributed by atoms with Gasteiger partial charge < -0.3 is 4.90 Å². The fraction of sp³-hybridized carbons (Fsp3) is 0.174. The SMILES string of the molecule is CC1Cc2ccccc2N1C(=O)CN(c1ccc(Cl)cc1Cl)S(=O)(=O)c1ccccc1. The molecule has 1 aliphatic rings. The standard InChI is InChI=1S/C23H20Cl2N2O3S/c1-16-13-17-7-5-6-10-21(17)27(16)23(28)15-26(22-12-11-18(24)14-20(22)25)31(29,30)19-8-3-2-4-9-19/h2-12,14,16H,13,15H2,1H3. The molecule has 8 heteroatoms. The number of hydrogen-bond donors (Lipinski definition) is 0. The maximum absolute atomic E-state index is 13.5. The molecule has 0 bridgehead atoms. The zero-order valence-corrected chi connectivity index (χ0v) is 19.0. The van der Waals surface area contributed by atoms with Crippen LogP contribution in [-0.2, 0) is 21.2 Å². The molecule has 0 fully saturated rings. The Hall–Kier alpha value is -2.54. The molecular formula is C23H20Cl2N2O3S. The van der Waals surface area contributed by atoms with Crippen LogP contribution in [0.5, 0.6) is 0 Å². The second kappa shape index (κ2) is 8.54. The molecule has 0 N–H and O–H groups in total. The number of benzene rings is 3. The lowest BCUT2D eigenvalue weighted by Gasteiger charge is -2.29. The van der Waals surface area contributed by atoms with E-state index in [9.17, 15) is 13.2 Å². The molecule has 4 rings (SSSR count). The van der Waals surface area contributed by atoms with E-state index in [-0.39, 0.29) is 27.6 Å². The summed E-state index contributed by atoms with van der Waals surface area (Å²) in [5, 5.41) is 0.522. The number of para-hydroxylation sites is 1. The van der Waals surface area contributed by atoms with Gasteiger partial charge >= 0.3 is 0 Å². The molecule has 1 aliphatic heterocycles. The number of hydrogen-bond acceptors (Lipinski definition) is 3. The molecule has 3 aromatic rings. The van der Waals surface area contributed by atoms with Crippen LogP contribution in [0.3, 0.4) is 0 Å². The van der Waals surface area contributed by atoms with Gasteiger partial charge in [0.15, 0.2) is 0 Å².